The third kappa shape index (κ3) is 5.54. The Bertz CT molecular complexity index is 1560. The van der Waals surface area contributed by atoms with E-state index in [-0.39, 0.29) is 11.3 Å². The number of H-pyrrole nitrogens is 1. The standard InChI is InChI=1S/C27H26F3N7O3/c1-16-3-5-18(14-21(16)35-26(39)36(2)24-19-7-8-31-23(19)32-15-33-24)34-25(38)17-4-6-22(20(13-17)27(28,29)30)37-9-11-40-12-10-37/h3-8,13-15H,9-12H2,1-2H3,(H,34,38)(H,35,39)(H,31,32,33). The van der Waals surface area contributed by atoms with Gasteiger partial charge in [0.05, 0.1) is 24.2 Å². The largest absolute Gasteiger partial charge is 0.418 e. The number of ether oxygens (including phenoxy) is 1. The van der Waals surface area contributed by atoms with Gasteiger partial charge in [-0.3, -0.25) is 9.69 Å². The minimum Gasteiger partial charge on any atom is -0.378 e. The Morgan fingerprint density at radius 3 is 2.58 bits per heavy atom. The molecule has 0 bridgehead atoms. The number of rotatable bonds is 5. The molecule has 1 saturated heterocycles. The number of aryl methyl sites for hydroxylation is 1. The Morgan fingerprint density at radius 2 is 1.82 bits per heavy atom. The highest BCUT2D eigenvalue weighted by Gasteiger charge is 2.36. The summed E-state index contributed by atoms with van der Waals surface area (Å²) < 4.78 is 47.0. The number of alkyl halides is 3. The van der Waals surface area contributed by atoms with E-state index in [1.54, 1.807) is 43.3 Å². The smallest absolute Gasteiger partial charge is 0.378 e. The van der Waals surface area contributed by atoms with Crippen LogP contribution in [0.4, 0.5) is 40.8 Å². The van der Waals surface area contributed by atoms with Gasteiger partial charge in [0.2, 0.25) is 0 Å². The Kier molecular flexibility index (Phi) is 7.30. The predicted molar refractivity (Wildman–Crippen MR) is 145 cm³/mol. The third-order valence-electron chi connectivity index (χ3n) is 6.61. The Hall–Kier alpha value is -4.65. The van der Waals surface area contributed by atoms with Gasteiger partial charge in [-0.1, -0.05) is 6.07 Å². The van der Waals surface area contributed by atoms with Crippen LogP contribution in [0.1, 0.15) is 21.5 Å². The number of aromatic nitrogens is 3. The summed E-state index contributed by atoms with van der Waals surface area (Å²) in [4.78, 5) is 40.2. The summed E-state index contributed by atoms with van der Waals surface area (Å²) in [6.07, 6.45) is -1.61. The van der Waals surface area contributed by atoms with Crippen molar-refractivity contribution < 1.29 is 27.5 Å². The number of nitrogens with zero attached hydrogens (tertiary/aromatic N) is 4. The first-order valence-electron chi connectivity index (χ1n) is 12.4. The number of amides is 3. The molecule has 3 heterocycles. The van der Waals surface area contributed by atoms with Gasteiger partial charge in [-0.2, -0.15) is 13.2 Å². The van der Waals surface area contributed by atoms with E-state index in [1.165, 1.54) is 29.4 Å². The maximum absolute atomic E-state index is 13.9. The van der Waals surface area contributed by atoms with Gasteiger partial charge in [0.25, 0.3) is 5.91 Å². The van der Waals surface area contributed by atoms with Crippen molar-refractivity contribution in [3.05, 3.63) is 71.7 Å². The van der Waals surface area contributed by atoms with E-state index in [9.17, 15) is 22.8 Å². The van der Waals surface area contributed by atoms with Gasteiger partial charge in [0, 0.05) is 49.0 Å². The molecule has 0 saturated carbocycles. The summed E-state index contributed by atoms with van der Waals surface area (Å²) in [5.74, 6) is -0.319. The van der Waals surface area contributed by atoms with Gasteiger partial charge in [-0.15, -0.1) is 0 Å². The highest BCUT2D eigenvalue weighted by atomic mass is 19.4. The van der Waals surface area contributed by atoms with E-state index in [1.807, 2.05) is 0 Å². The maximum atomic E-state index is 13.9. The molecule has 0 unspecified atom stereocenters. The van der Waals surface area contributed by atoms with E-state index < -0.39 is 23.7 Å². The summed E-state index contributed by atoms with van der Waals surface area (Å²) >= 11 is 0. The van der Waals surface area contributed by atoms with E-state index in [0.29, 0.717) is 60.1 Å². The van der Waals surface area contributed by atoms with Crippen molar-refractivity contribution >= 4 is 45.9 Å². The van der Waals surface area contributed by atoms with Crippen molar-refractivity contribution in [1.29, 1.82) is 0 Å². The highest BCUT2D eigenvalue weighted by Crippen LogP contribution is 2.38. The fraction of sp³-hybridized carbons (Fsp3) is 0.259. The molecule has 1 fully saturated rings. The number of benzene rings is 2. The number of nitrogens with one attached hydrogen (secondary N) is 3. The van der Waals surface area contributed by atoms with Crippen LogP contribution in [-0.2, 0) is 10.9 Å². The van der Waals surface area contributed by atoms with Crippen molar-refractivity contribution in [3.8, 4) is 0 Å². The molecule has 0 spiro atoms. The first kappa shape index (κ1) is 26.9. The van der Waals surface area contributed by atoms with Crippen LogP contribution in [0.25, 0.3) is 11.0 Å². The van der Waals surface area contributed by atoms with Crippen LogP contribution in [0, 0.1) is 6.92 Å². The molecule has 4 aromatic rings. The second-order valence-electron chi connectivity index (χ2n) is 9.24. The maximum Gasteiger partial charge on any atom is 0.418 e. The molecule has 1 aliphatic rings. The Labute approximate surface area is 227 Å². The van der Waals surface area contributed by atoms with Crippen LogP contribution in [0.5, 0.6) is 0 Å². The van der Waals surface area contributed by atoms with Gasteiger partial charge in [0.15, 0.2) is 0 Å². The second kappa shape index (κ2) is 10.8. The molecule has 5 rings (SSSR count). The van der Waals surface area contributed by atoms with Crippen LogP contribution in [0.2, 0.25) is 0 Å². The molecule has 2 aromatic carbocycles. The zero-order valence-electron chi connectivity index (χ0n) is 21.7. The molecule has 3 N–H and O–H groups in total. The zero-order valence-corrected chi connectivity index (χ0v) is 21.7. The zero-order chi connectivity index (χ0) is 28.4. The number of aromatic amines is 1. The molecular formula is C27H26F3N7O3. The first-order chi connectivity index (χ1) is 19.1. The Morgan fingerprint density at radius 1 is 1.05 bits per heavy atom. The van der Waals surface area contributed by atoms with Crippen LogP contribution in [0.15, 0.2) is 55.0 Å². The lowest BCUT2D eigenvalue weighted by Gasteiger charge is -2.31. The minimum absolute atomic E-state index is 0.0115. The summed E-state index contributed by atoms with van der Waals surface area (Å²) in [7, 11) is 1.56. The summed E-state index contributed by atoms with van der Waals surface area (Å²) in [5.41, 5.74) is 0.984. The molecule has 1 aliphatic heterocycles. The molecule has 40 heavy (non-hydrogen) atoms. The van der Waals surface area contributed by atoms with Crippen LogP contribution in [0.3, 0.4) is 0 Å². The number of hydrogen-bond acceptors (Lipinski definition) is 6. The molecule has 10 nitrogen and oxygen atoms in total. The second-order valence-corrected chi connectivity index (χ2v) is 9.24. The lowest BCUT2D eigenvalue weighted by molar-refractivity contribution is -0.137. The van der Waals surface area contributed by atoms with Crippen LogP contribution < -0.4 is 20.4 Å². The van der Waals surface area contributed by atoms with Crippen molar-refractivity contribution in [2.75, 3.05) is 53.8 Å². The number of carbonyl (C=O) groups is 2. The molecule has 208 valence electrons. The van der Waals surface area contributed by atoms with E-state index in [0.717, 1.165) is 6.07 Å². The molecule has 3 amide bonds. The average Bonchev–Trinajstić information content (AvgIpc) is 3.43. The number of hydrogen-bond donors (Lipinski definition) is 3. The number of carbonyl (C=O) groups excluding carboxylic acids is 2. The summed E-state index contributed by atoms with van der Waals surface area (Å²) in [6.45, 7) is 3.09. The number of morpholine rings is 1. The van der Waals surface area contributed by atoms with E-state index >= 15 is 0 Å². The summed E-state index contributed by atoms with van der Waals surface area (Å²) in [6, 6.07) is 9.64. The predicted octanol–water partition coefficient (Wildman–Crippen LogP) is 5.04. The molecule has 2 aromatic heterocycles. The molecule has 0 aliphatic carbocycles. The number of halogens is 3. The van der Waals surface area contributed by atoms with Gasteiger partial charge in [0.1, 0.15) is 17.8 Å². The molecular weight excluding hydrogens is 527 g/mol. The third-order valence-corrected chi connectivity index (χ3v) is 6.61. The van der Waals surface area contributed by atoms with E-state index in [4.69, 9.17) is 4.74 Å². The van der Waals surface area contributed by atoms with Crippen molar-refractivity contribution in [1.82, 2.24) is 15.0 Å². The fourth-order valence-electron chi connectivity index (χ4n) is 4.44. The van der Waals surface area contributed by atoms with Crippen LogP contribution in [-0.4, -0.2) is 60.2 Å². The number of fused-ring (bicyclic) bond motifs is 1. The SMILES string of the molecule is Cc1ccc(NC(=O)c2ccc(N3CCOCC3)c(C(F)(F)F)c2)cc1NC(=O)N(C)c1ncnc2[nH]ccc12. The van der Waals surface area contributed by atoms with Gasteiger partial charge in [-0.05, 0) is 48.9 Å². The quantitative estimate of drug-likeness (QED) is 0.319. The van der Waals surface area contributed by atoms with Gasteiger partial charge < -0.3 is 25.3 Å². The molecule has 0 atom stereocenters. The van der Waals surface area contributed by atoms with Crippen molar-refractivity contribution in [3.63, 3.8) is 0 Å². The molecule has 0 radical (unpaired) electrons. The minimum atomic E-state index is -4.65. The summed E-state index contributed by atoms with van der Waals surface area (Å²) in [5, 5.41) is 6.08. The van der Waals surface area contributed by atoms with Gasteiger partial charge in [-0.25, -0.2) is 14.8 Å². The van der Waals surface area contributed by atoms with Crippen LogP contribution >= 0.6 is 0 Å². The van der Waals surface area contributed by atoms with Crippen molar-refractivity contribution in [2.24, 2.45) is 0 Å². The van der Waals surface area contributed by atoms with E-state index in [2.05, 4.69) is 25.6 Å². The lowest BCUT2D eigenvalue weighted by atomic mass is 10.1. The highest BCUT2D eigenvalue weighted by molar-refractivity contribution is 6.07. The topological polar surface area (TPSA) is 115 Å². The normalized spacial score (nSPS) is 13.8. The monoisotopic (exact) mass is 553 g/mol. The lowest BCUT2D eigenvalue weighted by Crippen LogP contribution is -2.37. The number of urea groups is 1. The molecule has 13 heteroatoms. The number of anilines is 4. The van der Waals surface area contributed by atoms with Gasteiger partial charge >= 0.3 is 12.2 Å². The Balaban J connectivity index is 1.34. The fourth-order valence-corrected chi connectivity index (χ4v) is 4.44. The average molecular weight is 554 g/mol. The van der Waals surface area contributed by atoms with Crippen molar-refractivity contribution in [2.45, 2.75) is 13.1 Å². The first-order valence-corrected chi connectivity index (χ1v) is 12.4.